The Morgan fingerprint density at radius 2 is 0.610 bits per heavy atom. The average molecular weight is 1120 g/mol. The summed E-state index contributed by atoms with van der Waals surface area (Å²) in [4.78, 5) is 0. The minimum atomic E-state index is -1.90. The number of unbranched alkanes of at least 4 members (excludes halogenated alkanes) is 14. The summed E-state index contributed by atoms with van der Waals surface area (Å²) >= 11 is 0. The van der Waals surface area contributed by atoms with Crippen LogP contribution in [0.5, 0.6) is 0 Å². The van der Waals surface area contributed by atoms with E-state index in [9.17, 15) is 71.5 Å². The topological polar surface area (TPSA) is 376 Å². The minimum absolute atomic E-state index is 0.205. The van der Waals surface area contributed by atoms with Crippen LogP contribution in [-0.2, 0) is 47.4 Å². The van der Waals surface area contributed by atoms with Gasteiger partial charge in [0.2, 0.25) is 0 Å². The van der Waals surface area contributed by atoms with Crippen LogP contribution in [0.15, 0.2) is 0 Å². The Kier molecular flexibility index (Phi) is 27.7. The third kappa shape index (κ3) is 16.7. The van der Waals surface area contributed by atoms with Crippen molar-refractivity contribution in [2.75, 3.05) is 52.9 Å². The highest BCUT2D eigenvalue weighted by Gasteiger charge is 2.63. The molecule has 452 valence electrons. The maximum atomic E-state index is 11.7. The highest BCUT2D eigenvalue weighted by atomic mass is 16.8. The van der Waals surface area contributed by atoms with Gasteiger partial charge in [-0.25, -0.2) is 0 Å². The smallest absolute Gasteiger partial charge is 0.187 e. The maximum absolute atomic E-state index is 11.7. The molecule has 2 saturated carbocycles. The Morgan fingerprint density at radius 3 is 0.935 bits per heavy atom. The van der Waals surface area contributed by atoms with Crippen molar-refractivity contribution >= 4 is 0 Å². The molecule has 0 unspecified atom stereocenters. The Hall–Kier alpha value is -0.960. The van der Waals surface area contributed by atoms with Crippen LogP contribution in [0.2, 0.25) is 0 Å². The minimum Gasteiger partial charge on any atom is -0.394 e. The second-order valence-corrected chi connectivity index (χ2v) is 22.2. The normalized spacial score (nSPS) is 43.3. The molecule has 6 aliphatic rings. The van der Waals surface area contributed by atoms with Crippen LogP contribution in [0.25, 0.3) is 0 Å². The van der Waals surface area contributed by atoms with Crippen molar-refractivity contribution in [3.05, 3.63) is 0 Å². The summed E-state index contributed by atoms with van der Waals surface area (Å²) in [6, 6.07) is 0. The zero-order valence-corrected chi connectivity index (χ0v) is 45.0. The van der Waals surface area contributed by atoms with E-state index in [1.807, 2.05) is 0 Å². The molecule has 77 heavy (non-hydrogen) atoms. The van der Waals surface area contributed by atoms with Gasteiger partial charge in [0.25, 0.3) is 0 Å². The first kappa shape index (κ1) is 65.2. The number of ether oxygens (including phenoxy) is 10. The fourth-order valence-corrected chi connectivity index (χ4v) is 12.2. The van der Waals surface area contributed by atoms with Gasteiger partial charge in [-0.05, 0) is 42.9 Å². The van der Waals surface area contributed by atoms with E-state index in [1.165, 1.54) is 51.4 Å². The van der Waals surface area contributed by atoms with Crippen LogP contribution in [0.3, 0.4) is 0 Å². The molecule has 24 nitrogen and oxygen atoms in total. The van der Waals surface area contributed by atoms with E-state index in [-0.39, 0.29) is 11.8 Å². The first-order valence-corrected chi connectivity index (χ1v) is 28.8. The van der Waals surface area contributed by atoms with E-state index in [4.69, 9.17) is 47.4 Å². The fourth-order valence-electron chi connectivity index (χ4n) is 12.2. The summed E-state index contributed by atoms with van der Waals surface area (Å²) in [5.74, 6) is -1.21. The van der Waals surface area contributed by atoms with Gasteiger partial charge in [0.05, 0.1) is 51.8 Å². The Labute approximate surface area is 452 Å². The number of rotatable bonds is 34. The quantitative estimate of drug-likeness (QED) is 0.0316. The maximum Gasteiger partial charge on any atom is 0.187 e. The van der Waals surface area contributed by atoms with Crippen molar-refractivity contribution in [3.8, 4) is 0 Å². The second kappa shape index (κ2) is 32.8. The van der Waals surface area contributed by atoms with Crippen LogP contribution < -0.4 is 0 Å². The number of hydrogen-bond acceptors (Lipinski definition) is 24. The molecule has 0 radical (unpaired) electrons. The molecule has 0 aromatic rings. The molecule has 4 saturated heterocycles. The van der Waals surface area contributed by atoms with Crippen molar-refractivity contribution in [1.82, 2.24) is 0 Å². The number of fused-ring (bicyclic) bond motifs is 2. The number of aliphatic hydroxyl groups excluding tert-OH is 14. The molecule has 26 atom stereocenters. The number of hydrogen-bond donors (Lipinski definition) is 14. The van der Waals surface area contributed by atoms with Crippen LogP contribution in [0, 0.1) is 23.7 Å². The zero-order chi connectivity index (χ0) is 55.8. The molecule has 14 N–H and O–H groups in total. The van der Waals surface area contributed by atoms with Gasteiger partial charge >= 0.3 is 0 Å². The average Bonchev–Trinajstić information content (AvgIpc) is 4.04. The largest absolute Gasteiger partial charge is 0.394 e. The highest BCUT2D eigenvalue weighted by molar-refractivity contribution is 5.09. The van der Waals surface area contributed by atoms with Crippen LogP contribution in [0.4, 0.5) is 0 Å². The molecular weight excluding hydrogens is 1020 g/mol. The summed E-state index contributed by atoms with van der Waals surface area (Å²) in [6.07, 6.45) is -17.7. The SMILES string of the molecule is CCCCCCCCCCOC[C@@H]1[C@H](COCCCCCCCCCC)[C@@H]2C[C@@H]1[C@H](O[C@@H]1O[C@H](CO)[C@@H](O[C@H]3O[C@H](CO)[C@@H](O)[C@H](O)[C@H]3O)[C@H](O)[C@H]1O)[C@@H]2O[C@@H]1O[C@H](CO)[C@@H](O[C@H]2O[C@H](CO)[C@@H](O)[C@H](O)[C@H]2O)[C@H](O)[C@H]1O. The second-order valence-electron chi connectivity index (χ2n) is 22.2. The van der Waals surface area contributed by atoms with Gasteiger partial charge in [-0.3, -0.25) is 0 Å². The third-order valence-electron chi connectivity index (χ3n) is 16.8. The van der Waals surface area contributed by atoms with Crippen molar-refractivity contribution in [3.63, 3.8) is 0 Å². The molecule has 0 amide bonds. The Morgan fingerprint density at radius 1 is 0.325 bits per heavy atom. The van der Waals surface area contributed by atoms with Crippen LogP contribution in [0.1, 0.15) is 123 Å². The van der Waals surface area contributed by atoms with Crippen molar-refractivity contribution < 1.29 is 119 Å². The Bertz CT molecular complexity index is 1490. The fraction of sp³-hybridized carbons (Fsp3) is 1.00. The third-order valence-corrected chi connectivity index (χ3v) is 16.8. The van der Waals surface area contributed by atoms with E-state index < -0.39 is 173 Å². The van der Waals surface area contributed by atoms with E-state index in [2.05, 4.69) is 13.8 Å². The lowest BCUT2D eigenvalue weighted by Crippen LogP contribution is -2.66. The summed E-state index contributed by atoms with van der Waals surface area (Å²) in [5.41, 5.74) is 0. The van der Waals surface area contributed by atoms with Gasteiger partial charge in [0, 0.05) is 13.2 Å². The lowest BCUT2D eigenvalue weighted by atomic mass is 9.76. The van der Waals surface area contributed by atoms with E-state index in [1.54, 1.807) is 0 Å². The predicted octanol–water partition coefficient (Wildman–Crippen LogP) is -1.80. The lowest BCUT2D eigenvalue weighted by molar-refractivity contribution is -0.378. The van der Waals surface area contributed by atoms with E-state index in [0.29, 0.717) is 32.8 Å². The summed E-state index contributed by atoms with van der Waals surface area (Å²) < 4.78 is 60.9. The number of aliphatic hydroxyl groups is 14. The monoisotopic (exact) mass is 1120 g/mol. The molecule has 4 heterocycles. The molecule has 0 aromatic carbocycles. The van der Waals surface area contributed by atoms with Crippen LogP contribution in [-0.4, -0.2) is 259 Å². The van der Waals surface area contributed by atoms with Gasteiger partial charge in [-0.1, -0.05) is 104 Å². The first-order chi connectivity index (χ1) is 37.1. The molecule has 4 aliphatic heterocycles. The molecule has 2 bridgehead atoms. The molecule has 2 aliphatic carbocycles. The van der Waals surface area contributed by atoms with Crippen molar-refractivity contribution in [2.24, 2.45) is 23.7 Å². The van der Waals surface area contributed by atoms with Crippen molar-refractivity contribution in [2.45, 2.75) is 258 Å². The molecular formula is C53H96O24. The van der Waals surface area contributed by atoms with Gasteiger partial charge in [0.1, 0.15) is 97.7 Å². The van der Waals surface area contributed by atoms with Crippen molar-refractivity contribution in [1.29, 1.82) is 0 Å². The molecule has 6 fully saturated rings. The summed E-state index contributed by atoms with van der Waals surface area (Å²) in [5, 5.41) is 150. The molecule has 0 spiro atoms. The molecule has 24 heteroatoms. The Balaban J connectivity index is 1.21. The predicted molar refractivity (Wildman–Crippen MR) is 268 cm³/mol. The molecule has 0 aromatic heterocycles. The van der Waals surface area contributed by atoms with Gasteiger partial charge in [-0.2, -0.15) is 0 Å². The lowest BCUT2D eigenvalue weighted by Gasteiger charge is -2.49. The van der Waals surface area contributed by atoms with E-state index >= 15 is 0 Å². The highest BCUT2D eigenvalue weighted by Crippen LogP contribution is 2.56. The molecule has 6 rings (SSSR count). The standard InChI is InChI=1S/C53H96O24/c1-3-5-7-9-11-13-15-17-19-68-26-30-28-21-29(31(30)27-69-20-18-16-14-12-10-8-6-4-2)47(75-53-45(67)41(63)49(35(25-57)73-53)77-51-43(65)39(61)37(59)33(23-55)71-51)46(28)74-52-44(66)40(62)48(34(24-56)72-52)76-50-42(64)38(60)36(58)32(22-54)70-50/h28-67H,3-27H2,1-2H3/t28-,29-,30-,31+,32+,33+,34+,35+,36+,37+,38-,39-,40+,41+,42+,43+,44+,45+,46-,47+,48+,49+,50+,51+,52-,53-/m0/s1. The van der Waals surface area contributed by atoms with Gasteiger partial charge < -0.3 is 119 Å². The van der Waals surface area contributed by atoms with Gasteiger partial charge in [-0.15, -0.1) is 0 Å². The van der Waals surface area contributed by atoms with Gasteiger partial charge in [0.15, 0.2) is 25.2 Å². The summed E-state index contributed by atoms with van der Waals surface area (Å²) in [7, 11) is 0. The summed E-state index contributed by atoms with van der Waals surface area (Å²) in [6.45, 7) is 2.87. The zero-order valence-electron chi connectivity index (χ0n) is 45.0. The van der Waals surface area contributed by atoms with Crippen LogP contribution >= 0.6 is 0 Å². The van der Waals surface area contributed by atoms with E-state index in [0.717, 1.165) is 51.4 Å². The first-order valence-electron chi connectivity index (χ1n) is 28.8.